The number of aryl methyl sites for hydroxylation is 1. The molecule has 0 fully saturated rings. The fraction of sp³-hybridized carbons (Fsp3) is 0.0400. The first-order chi connectivity index (χ1) is 14.1. The zero-order valence-corrected chi connectivity index (χ0v) is 16.9. The summed E-state index contributed by atoms with van der Waals surface area (Å²) in [4.78, 5) is 0. The molecular formula is C25H20B2O2. The highest BCUT2D eigenvalue weighted by Crippen LogP contribution is 2.33. The third-order valence-corrected chi connectivity index (χ3v) is 5.81. The minimum Gasteiger partial charge on any atom is -0.457 e. The van der Waals surface area contributed by atoms with Crippen LogP contribution in [0.25, 0.3) is 50.7 Å². The molecule has 0 unspecified atom stereocenters. The minimum absolute atomic E-state index is 0.879. The Balaban J connectivity index is 1.74. The normalized spacial score (nSPS) is 11.3. The molecule has 2 heterocycles. The highest BCUT2D eigenvalue weighted by atomic mass is 16.3. The predicted molar refractivity (Wildman–Crippen MR) is 128 cm³/mol. The largest absolute Gasteiger partial charge is 0.457 e. The number of rotatable bonds is 3. The van der Waals surface area contributed by atoms with Crippen molar-refractivity contribution >= 4 is 54.6 Å². The lowest BCUT2D eigenvalue weighted by molar-refractivity contribution is 0.629. The maximum atomic E-state index is 6.34. The fourth-order valence-electron chi connectivity index (χ4n) is 4.16. The molecule has 0 spiro atoms. The summed E-state index contributed by atoms with van der Waals surface area (Å²) in [6.07, 6.45) is 1.87. The molecule has 0 atom stereocenters. The van der Waals surface area contributed by atoms with Crippen LogP contribution in [0.1, 0.15) is 11.1 Å². The molecule has 2 nitrogen and oxygen atoms in total. The molecular weight excluding hydrogens is 354 g/mol. The van der Waals surface area contributed by atoms with Gasteiger partial charge < -0.3 is 8.83 Å². The molecule has 0 saturated heterocycles. The lowest BCUT2D eigenvalue weighted by Gasteiger charge is -2.03. The molecule has 0 aliphatic rings. The van der Waals surface area contributed by atoms with Crippen molar-refractivity contribution < 1.29 is 8.83 Å². The minimum atomic E-state index is 0.879. The molecule has 29 heavy (non-hydrogen) atoms. The van der Waals surface area contributed by atoms with Crippen LogP contribution in [0.2, 0.25) is 0 Å². The Morgan fingerprint density at radius 1 is 0.759 bits per heavy atom. The molecule has 5 rings (SSSR count). The summed E-state index contributed by atoms with van der Waals surface area (Å²) >= 11 is 0. The van der Waals surface area contributed by atoms with Gasteiger partial charge in [-0.1, -0.05) is 61.2 Å². The van der Waals surface area contributed by atoms with E-state index in [9.17, 15) is 0 Å². The second-order valence-electron chi connectivity index (χ2n) is 7.56. The maximum absolute atomic E-state index is 6.34. The van der Waals surface area contributed by atoms with Crippen LogP contribution in [0.5, 0.6) is 0 Å². The van der Waals surface area contributed by atoms with Gasteiger partial charge in [0.2, 0.25) is 0 Å². The third kappa shape index (κ3) is 2.67. The molecule has 0 N–H and O–H groups in total. The molecule has 0 aliphatic heterocycles. The summed E-state index contributed by atoms with van der Waals surface area (Å²) < 4.78 is 12.7. The molecule has 0 radical (unpaired) electrons. The lowest BCUT2D eigenvalue weighted by Crippen LogP contribution is -2.04. The van der Waals surface area contributed by atoms with Gasteiger partial charge >= 0.3 is 0 Å². The number of furan rings is 2. The fourth-order valence-corrected chi connectivity index (χ4v) is 4.16. The average molecular weight is 374 g/mol. The average Bonchev–Trinajstić information content (AvgIpc) is 3.23. The quantitative estimate of drug-likeness (QED) is 0.447. The van der Waals surface area contributed by atoms with Crippen molar-refractivity contribution in [2.75, 3.05) is 0 Å². The SMILES string of the molecule is Bc1c(-c2ccccc2C)oc2cc3c(B)c(-c4ccccc4C=C)oc3cc12. The Labute approximate surface area is 171 Å². The predicted octanol–water partition coefficient (Wildman–Crippen LogP) is 3.98. The monoisotopic (exact) mass is 374 g/mol. The molecule has 0 aliphatic carbocycles. The Kier molecular flexibility index (Phi) is 4.02. The van der Waals surface area contributed by atoms with E-state index in [1.54, 1.807) is 0 Å². The van der Waals surface area contributed by atoms with Gasteiger partial charge in [-0.05, 0) is 41.1 Å². The second-order valence-corrected chi connectivity index (χ2v) is 7.56. The van der Waals surface area contributed by atoms with Crippen LogP contribution in [0, 0.1) is 6.92 Å². The van der Waals surface area contributed by atoms with Gasteiger partial charge in [0.25, 0.3) is 0 Å². The summed E-state index contributed by atoms with van der Waals surface area (Å²) in [6, 6.07) is 20.7. The van der Waals surface area contributed by atoms with Crippen LogP contribution >= 0.6 is 0 Å². The highest BCUT2D eigenvalue weighted by molar-refractivity contribution is 6.44. The molecule has 3 aromatic carbocycles. The third-order valence-electron chi connectivity index (χ3n) is 5.81. The topological polar surface area (TPSA) is 26.3 Å². The van der Waals surface area contributed by atoms with Gasteiger partial charge in [0.15, 0.2) is 0 Å². The van der Waals surface area contributed by atoms with Crippen molar-refractivity contribution in [3.63, 3.8) is 0 Å². The summed E-state index contributed by atoms with van der Waals surface area (Å²) in [5.74, 6) is 1.82. The number of hydrogen-bond acceptors (Lipinski definition) is 2. The van der Waals surface area contributed by atoms with Gasteiger partial charge in [-0.2, -0.15) is 0 Å². The number of fused-ring (bicyclic) bond motifs is 2. The summed E-state index contributed by atoms with van der Waals surface area (Å²) in [6.45, 7) is 6.05. The van der Waals surface area contributed by atoms with Gasteiger partial charge in [-0.3, -0.25) is 0 Å². The van der Waals surface area contributed by atoms with E-state index in [1.165, 1.54) is 5.56 Å². The molecule has 0 bridgehead atoms. The highest BCUT2D eigenvalue weighted by Gasteiger charge is 2.19. The van der Waals surface area contributed by atoms with E-state index in [0.29, 0.717) is 0 Å². The molecule has 4 heteroatoms. The Morgan fingerprint density at radius 3 is 1.86 bits per heavy atom. The zero-order valence-electron chi connectivity index (χ0n) is 16.9. The van der Waals surface area contributed by atoms with Crippen molar-refractivity contribution in [1.82, 2.24) is 0 Å². The number of hydrogen-bond donors (Lipinski definition) is 0. The van der Waals surface area contributed by atoms with Crippen molar-refractivity contribution in [3.05, 3.63) is 78.4 Å². The van der Waals surface area contributed by atoms with Gasteiger partial charge in [-0.15, -0.1) is 0 Å². The van der Waals surface area contributed by atoms with Crippen molar-refractivity contribution in [2.24, 2.45) is 0 Å². The zero-order chi connectivity index (χ0) is 20.1. The van der Waals surface area contributed by atoms with E-state index in [-0.39, 0.29) is 0 Å². The van der Waals surface area contributed by atoms with Crippen LogP contribution in [0.3, 0.4) is 0 Å². The van der Waals surface area contributed by atoms with E-state index < -0.39 is 0 Å². The van der Waals surface area contributed by atoms with E-state index >= 15 is 0 Å². The van der Waals surface area contributed by atoms with Crippen molar-refractivity contribution in [2.45, 2.75) is 6.92 Å². The first-order valence-corrected chi connectivity index (χ1v) is 9.82. The van der Waals surface area contributed by atoms with E-state index in [2.05, 4.69) is 71.7 Å². The smallest absolute Gasteiger partial charge is 0.145 e. The van der Waals surface area contributed by atoms with Gasteiger partial charge in [0.1, 0.15) is 38.4 Å². The molecule has 0 saturated carbocycles. The number of benzene rings is 3. The van der Waals surface area contributed by atoms with Crippen LogP contribution in [0.4, 0.5) is 0 Å². The molecule has 0 amide bonds. The summed E-state index contributed by atoms with van der Waals surface area (Å²) in [5, 5.41) is 2.17. The standard InChI is InChI=1S/C25H20B2O2/c1-3-15-9-5-7-11-17(15)25-23(27)19-13-20-18(12-21(19)29-25)22(26)24(28-20)16-10-6-4-8-14(16)2/h3-13H,1,26-27H2,2H3. The maximum Gasteiger partial charge on any atom is 0.145 e. The van der Waals surface area contributed by atoms with E-state index in [1.807, 2.05) is 24.3 Å². The Hall–Kier alpha value is -3.39. The van der Waals surface area contributed by atoms with E-state index in [0.717, 1.165) is 61.1 Å². The Bertz CT molecular complexity index is 1410. The van der Waals surface area contributed by atoms with Crippen molar-refractivity contribution in [1.29, 1.82) is 0 Å². The van der Waals surface area contributed by atoms with Crippen LogP contribution in [-0.4, -0.2) is 15.7 Å². The first kappa shape index (κ1) is 17.7. The lowest BCUT2D eigenvalue weighted by atomic mass is 9.87. The molecule has 5 aromatic rings. The summed E-state index contributed by atoms with van der Waals surface area (Å²) in [7, 11) is 4.22. The second kappa shape index (κ2) is 6.59. The Morgan fingerprint density at radius 2 is 1.28 bits per heavy atom. The van der Waals surface area contributed by atoms with Gasteiger partial charge in [0, 0.05) is 21.9 Å². The first-order valence-electron chi connectivity index (χ1n) is 9.82. The molecule has 2 aromatic heterocycles. The van der Waals surface area contributed by atoms with E-state index in [4.69, 9.17) is 8.83 Å². The molecule has 138 valence electrons. The summed E-state index contributed by atoms with van der Waals surface area (Å²) in [5.41, 5.74) is 8.49. The van der Waals surface area contributed by atoms with Crippen LogP contribution in [-0.2, 0) is 0 Å². The van der Waals surface area contributed by atoms with Crippen LogP contribution < -0.4 is 10.9 Å². The van der Waals surface area contributed by atoms with Gasteiger partial charge in [-0.25, -0.2) is 0 Å². The van der Waals surface area contributed by atoms with Crippen molar-refractivity contribution in [3.8, 4) is 22.6 Å². The van der Waals surface area contributed by atoms with Gasteiger partial charge in [0.05, 0.1) is 0 Å². The van der Waals surface area contributed by atoms with Crippen LogP contribution in [0.15, 0.2) is 76.1 Å².